The Hall–Kier alpha value is -3.82. The predicted molar refractivity (Wildman–Crippen MR) is 99.4 cm³/mol. The predicted octanol–water partition coefficient (Wildman–Crippen LogP) is 1.36. The normalized spacial score (nSPS) is 14.4. The number of aryl methyl sites for hydroxylation is 1. The average molecular weight is 385 g/mol. The molecule has 0 saturated heterocycles. The maximum atomic E-state index is 13.4. The van der Waals surface area contributed by atoms with Crippen molar-refractivity contribution in [2.24, 2.45) is 10.2 Å². The average Bonchev–Trinajstić information content (AvgIpc) is 3.09. The molecule has 4 N–H and O–H groups in total. The molecule has 2 amide bonds. The van der Waals surface area contributed by atoms with E-state index in [1.807, 2.05) is 0 Å². The number of carboxylic acid groups (broad SMARTS) is 1. The van der Waals surface area contributed by atoms with Crippen molar-refractivity contribution in [3.63, 3.8) is 0 Å². The van der Waals surface area contributed by atoms with Crippen molar-refractivity contribution >= 4 is 35.4 Å². The van der Waals surface area contributed by atoms with Gasteiger partial charge in [0.25, 0.3) is 11.8 Å². The lowest BCUT2D eigenvalue weighted by molar-refractivity contribution is -0.135. The maximum Gasteiger partial charge on any atom is 0.322 e. The van der Waals surface area contributed by atoms with Gasteiger partial charge in [-0.15, -0.1) is 5.10 Å². The molecule has 144 valence electrons. The Labute approximate surface area is 158 Å². The first kappa shape index (κ1) is 19.0. The Balaban J connectivity index is 1.84. The van der Waals surface area contributed by atoms with Crippen LogP contribution >= 0.6 is 0 Å². The van der Waals surface area contributed by atoms with E-state index in [1.165, 1.54) is 24.4 Å². The van der Waals surface area contributed by atoms with Gasteiger partial charge in [-0.3, -0.25) is 14.4 Å². The molecule has 1 aromatic heterocycles. The van der Waals surface area contributed by atoms with E-state index >= 15 is 0 Å². The molecule has 3 rings (SSSR count). The molecule has 0 bridgehead atoms. The van der Waals surface area contributed by atoms with Gasteiger partial charge in [-0.2, -0.15) is 5.10 Å². The Morgan fingerprint density at radius 3 is 2.79 bits per heavy atom. The second-order valence-corrected chi connectivity index (χ2v) is 6.08. The molecule has 0 aliphatic carbocycles. The van der Waals surface area contributed by atoms with Crippen LogP contribution in [0.5, 0.6) is 0 Å². The van der Waals surface area contributed by atoms with Crippen molar-refractivity contribution in [2.45, 2.75) is 13.8 Å². The van der Waals surface area contributed by atoms with Gasteiger partial charge in [0.05, 0.1) is 23.2 Å². The highest BCUT2D eigenvalue weighted by molar-refractivity contribution is 6.53. The van der Waals surface area contributed by atoms with Crippen LogP contribution in [-0.4, -0.2) is 46.3 Å². The number of halogens is 1. The fourth-order valence-electron chi connectivity index (χ4n) is 2.86. The second-order valence-electron chi connectivity index (χ2n) is 6.08. The van der Waals surface area contributed by atoms with Crippen LogP contribution < -0.4 is 10.6 Å². The Kier molecular flexibility index (Phi) is 5.03. The summed E-state index contributed by atoms with van der Waals surface area (Å²) in [6.45, 7) is 2.83. The van der Waals surface area contributed by atoms with Gasteiger partial charge < -0.3 is 20.7 Å². The number of aromatic nitrogens is 1. The number of carbonyl (C=O) groups excluding carboxylic acids is 2. The van der Waals surface area contributed by atoms with Crippen LogP contribution in [0.3, 0.4) is 0 Å². The molecule has 10 heteroatoms. The van der Waals surface area contributed by atoms with E-state index in [9.17, 15) is 18.8 Å². The highest BCUT2D eigenvalue weighted by atomic mass is 19.1. The third-order valence-electron chi connectivity index (χ3n) is 4.15. The second kappa shape index (κ2) is 7.43. The van der Waals surface area contributed by atoms with E-state index in [4.69, 9.17) is 5.11 Å². The van der Waals surface area contributed by atoms with Crippen molar-refractivity contribution in [2.75, 3.05) is 11.9 Å². The smallest absolute Gasteiger partial charge is 0.322 e. The molecule has 0 spiro atoms. The van der Waals surface area contributed by atoms with Gasteiger partial charge in [-0.1, -0.05) is 0 Å². The van der Waals surface area contributed by atoms with Crippen molar-refractivity contribution in [1.82, 2.24) is 10.3 Å². The molecule has 1 aromatic carbocycles. The first-order valence-corrected chi connectivity index (χ1v) is 8.19. The first-order valence-electron chi connectivity index (χ1n) is 8.19. The monoisotopic (exact) mass is 385 g/mol. The summed E-state index contributed by atoms with van der Waals surface area (Å²) in [6, 6.07) is 3.86. The minimum Gasteiger partial charge on any atom is -0.480 e. The van der Waals surface area contributed by atoms with Gasteiger partial charge in [0.1, 0.15) is 12.4 Å². The van der Waals surface area contributed by atoms with Gasteiger partial charge in [0, 0.05) is 11.3 Å². The van der Waals surface area contributed by atoms with Crippen LogP contribution in [-0.2, 0) is 9.59 Å². The van der Waals surface area contributed by atoms with Crippen molar-refractivity contribution in [3.8, 4) is 0 Å². The largest absolute Gasteiger partial charge is 0.480 e. The standard InChI is InChI=1S/C18H16FN5O4/c1-8-13(22-9(2)15(8)17(27)20-7-14(25)26)6-21-24-16-11-5-10(19)3-4-12(11)23-18(16)28/h3-6,22H,7H2,1-2H3,(H,20,27)(H,25,26)(H,23,24,28)/b21-6+. The summed E-state index contributed by atoms with van der Waals surface area (Å²) in [4.78, 5) is 37.7. The van der Waals surface area contributed by atoms with Crippen LogP contribution in [0.25, 0.3) is 0 Å². The molecule has 0 atom stereocenters. The van der Waals surface area contributed by atoms with Gasteiger partial charge in [-0.05, 0) is 37.6 Å². The lowest BCUT2D eigenvalue weighted by Gasteiger charge is -2.02. The van der Waals surface area contributed by atoms with Crippen molar-refractivity contribution < 1.29 is 23.9 Å². The highest BCUT2D eigenvalue weighted by Crippen LogP contribution is 2.24. The molecular formula is C18H16FN5O4. The van der Waals surface area contributed by atoms with Gasteiger partial charge in [0.15, 0.2) is 5.71 Å². The third kappa shape index (κ3) is 3.65. The molecule has 1 aliphatic heterocycles. The number of carbonyl (C=O) groups is 3. The molecule has 2 aromatic rings. The third-order valence-corrected chi connectivity index (χ3v) is 4.15. The zero-order chi connectivity index (χ0) is 20.4. The molecule has 28 heavy (non-hydrogen) atoms. The van der Waals surface area contributed by atoms with E-state index in [2.05, 4.69) is 25.8 Å². The summed E-state index contributed by atoms with van der Waals surface area (Å²) in [6.07, 6.45) is 1.33. The summed E-state index contributed by atoms with van der Waals surface area (Å²) < 4.78 is 13.4. The molecule has 1 aliphatic rings. The summed E-state index contributed by atoms with van der Waals surface area (Å²) in [7, 11) is 0. The number of hydrogen-bond donors (Lipinski definition) is 4. The number of benzene rings is 1. The molecule has 9 nitrogen and oxygen atoms in total. The number of fused-ring (bicyclic) bond motifs is 1. The lowest BCUT2D eigenvalue weighted by atomic mass is 10.1. The summed E-state index contributed by atoms with van der Waals surface area (Å²) >= 11 is 0. The number of aliphatic carboxylic acids is 1. The molecule has 0 radical (unpaired) electrons. The number of anilines is 1. The molecule has 0 unspecified atom stereocenters. The minimum absolute atomic E-state index is 0.0221. The van der Waals surface area contributed by atoms with Crippen LogP contribution in [0.4, 0.5) is 10.1 Å². The van der Waals surface area contributed by atoms with Crippen molar-refractivity contribution in [1.29, 1.82) is 0 Å². The van der Waals surface area contributed by atoms with E-state index in [0.29, 0.717) is 33.8 Å². The SMILES string of the molecule is Cc1[nH]c(/C=N/N=C2\C(=O)Nc3ccc(F)cc32)c(C)c1C(=O)NCC(=O)O. The van der Waals surface area contributed by atoms with Gasteiger partial charge >= 0.3 is 5.97 Å². The summed E-state index contributed by atoms with van der Waals surface area (Å²) in [5.41, 5.74) is 2.60. The highest BCUT2D eigenvalue weighted by Gasteiger charge is 2.26. The molecule has 0 saturated carbocycles. The molecule has 2 heterocycles. The van der Waals surface area contributed by atoms with Crippen LogP contribution in [0.1, 0.15) is 32.9 Å². The lowest BCUT2D eigenvalue weighted by Crippen LogP contribution is -2.29. The summed E-state index contributed by atoms with van der Waals surface area (Å²) in [5, 5.41) is 21.3. The summed E-state index contributed by atoms with van der Waals surface area (Å²) in [5.74, 6) is -2.67. The Morgan fingerprint density at radius 2 is 2.07 bits per heavy atom. The number of carboxylic acids is 1. The number of rotatable bonds is 5. The van der Waals surface area contributed by atoms with Gasteiger partial charge in [-0.25, -0.2) is 4.39 Å². The molecular weight excluding hydrogens is 369 g/mol. The van der Waals surface area contributed by atoms with Crippen molar-refractivity contribution in [3.05, 3.63) is 52.1 Å². The Morgan fingerprint density at radius 1 is 1.32 bits per heavy atom. The van der Waals surface area contributed by atoms with E-state index in [0.717, 1.165) is 0 Å². The number of hydrogen-bond acceptors (Lipinski definition) is 5. The number of aromatic amines is 1. The number of H-pyrrole nitrogens is 1. The molecule has 0 fully saturated rings. The first-order chi connectivity index (χ1) is 13.3. The number of nitrogens with one attached hydrogen (secondary N) is 3. The van der Waals surface area contributed by atoms with E-state index < -0.39 is 30.1 Å². The number of nitrogens with zero attached hydrogens (tertiary/aromatic N) is 2. The van der Waals surface area contributed by atoms with Gasteiger partial charge in [0.2, 0.25) is 0 Å². The number of amides is 2. The zero-order valence-corrected chi connectivity index (χ0v) is 15.0. The Bertz CT molecular complexity index is 1050. The maximum absolute atomic E-state index is 13.4. The van der Waals surface area contributed by atoms with E-state index in [-0.39, 0.29) is 5.71 Å². The van der Waals surface area contributed by atoms with Crippen LogP contribution in [0.15, 0.2) is 28.4 Å². The minimum atomic E-state index is -1.15. The topological polar surface area (TPSA) is 136 Å². The fourth-order valence-corrected chi connectivity index (χ4v) is 2.86. The van der Waals surface area contributed by atoms with Crippen LogP contribution in [0.2, 0.25) is 0 Å². The van der Waals surface area contributed by atoms with Crippen LogP contribution in [0, 0.1) is 19.7 Å². The quantitative estimate of drug-likeness (QED) is 0.456. The van der Waals surface area contributed by atoms with E-state index in [1.54, 1.807) is 13.8 Å². The zero-order valence-electron chi connectivity index (χ0n) is 15.0. The fraction of sp³-hybridized carbons (Fsp3) is 0.167.